The van der Waals surface area contributed by atoms with E-state index < -0.39 is 15.9 Å². The molecule has 10 heteroatoms. The predicted octanol–water partition coefficient (Wildman–Crippen LogP) is 2.79. The number of ether oxygens (including phenoxy) is 1. The third-order valence-electron chi connectivity index (χ3n) is 3.74. The molecule has 0 saturated heterocycles. The summed E-state index contributed by atoms with van der Waals surface area (Å²) in [7, 11) is -3.77. The molecule has 0 saturated carbocycles. The summed E-state index contributed by atoms with van der Waals surface area (Å²) in [5, 5.41) is 5.40. The van der Waals surface area contributed by atoms with Crippen molar-refractivity contribution in [3.05, 3.63) is 53.1 Å². The minimum atomic E-state index is -3.77. The highest BCUT2D eigenvalue weighted by Gasteiger charge is 2.19. The van der Waals surface area contributed by atoms with Crippen molar-refractivity contribution in [2.45, 2.75) is 31.7 Å². The van der Waals surface area contributed by atoms with Crippen LogP contribution in [0.15, 0.2) is 47.4 Å². The SMILES string of the molecule is CCNC(=O)COc1ccc(NC(=O)c2cc(S(=O)(=O)NC(C)C)ccc2Cl)cc1. The van der Waals surface area contributed by atoms with Crippen molar-refractivity contribution in [1.29, 1.82) is 0 Å². The zero-order valence-corrected chi connectivity index (χ0v) is 18.4. The van der Waals surface area contributed by atoms with Gasteiger partial charge in [-0.05, 0) is 63.2 Å². The van der Waals surface area contributed by atoms with E-state index in [-0.39, 0.29) is 34.0 Å². The second kappa shape index (κ2) is 10.4. The number of likely N-dealkylation sites (N-methyl/N-ethyl adjacent to an activating group) is 1. The third-order valence-corrected chi connectivity index (χ3v) is 5.73. The van der Waals surface area contributed by atoms with Crippen LogP contribution in [0, 0.1) is 0 Å². The summed E-state index contributed by atoms with van der Waals surface area (Å²) in [5.41, 5.74) is 0.481. The first-order chi connectivity index (χ1) is 14.1. The summed E-state index contributed by atoms with van der Waals surface area (Å²) < 4.78 is 32.5. The highest BCUT2D eigenvalue weighted by Crippen LogP contribution is 2.23. The Kier molecular flexibility index (Phi) is 8.22. The highest BCUT2D eigenvalue weighted by molar-refractivity contribution is 7.89. The lowest BCUT2D eigenvalue weighted by Crippen LogP contribution is -2.30. The van der Waals surface area contributed by atoms with Gasteiger partial charge in [0.15, 0.2) is 6.61 Å². The predicted molar refractivity (Wildman–Crippen MR) is 115 cm³/mol. The zero-order valence-electron chi connectivity index (χ0n) is 16.9. The molecule has 0 radical (unpaired) electrons. The van der Waals surface area contributed by atoms with Crippen LogP contribution in [0.4, 0.5) is 5.69 Å². The van der Waals surface area contributed by atoms with Crippen molar-refractivity contribution in [2.24, 2.45) is 0 Å². The number of carbonyl (C=O) groups is 2. The minimum Gasteiger partial charge on any atom is -0.484 e. The largest absolute Gasteiger partial charge is 0.484 e. The Morgan fingerprint density at radius 3 is 2.37 bits per heavy atom. The summed E-state index contributed by atoms with van der Waals surface area (Å²) >= 11 is 6.10. The standard InChI is InChI=1S/C20H24ClN3O5S/c1-4-22-19(25)12-29-15-7-5-14(6-8-15)23-20(26)17-11-16(9-10-18(17)21)30(27,28)24-13(2)3/h5-11,13,24H,4,12H2,1-3H3,(H,22,25)(H,23,26). The van der Waals surface area contributed by atoms with Crippen LogP contribution in [0.3, 0.4) is 0 Å². The van der Waals surface area contributed by atoms with Crippen LogP contribution >= 0.6 is 11.6 Å². The maximum absolute atomic E-state index is 12.6. The lowest BCUT2D eigenvalue weighted by Gasteiger charge is -2.12. The van der Waals surface area contributed by atoms with Gasteiger partial charge in [0, 0.05) is 18.3 Å². The molecule has 2 aromatic rings. The van der Waals surface area contributed by atoms with E-state index in [9.17, 15) is 18.0 Å². The number of rotatable bonds is 9. The Balaban J connectivity index is 2.10. The average Bonchev–Trinajstić information content (AvgIpc) is 2.66. The lowest BCUT2D eigenvalue weighted by molar-refractivity contribution is -0.122. The van der Waals surface area contributed by atoms with Crippen molar-refractivity contribution in [1.82, 2.24) is 10.0 Å². The molecule has 0 aliphatic heterocycles. The monoisotopic (exact) mass is 453 g/mol. The van der Waals surface area contributed by atoms with Gasteiger partial charge >= 0.3 is 0 Å². The van der Waals surface area contributed by atoms with Gasteiger partial charge in [0.25, 0.3) is 11.8 Å². The maximum Gasteiger partial charge on any atom is 0.257 e. The van der Waals surface area contributed by atoms with Crippen LogP contribution < -0.4 is 20.1 Å². The molecule has 30 heavy (non-hydrogen) atoms. The number of nitrogens with one attached hydrogen (secondary N) is 3. The van der Waals surface area contributed by atoms with Crippen LogP contribution in [-0.2, 0) is 14.8 Å². The van der Waals surface area contributed by atoms with Crippen molar-refractivity contribution in [2.75, 3.05) is 18.5 Å². The molecule has 2 amide bonds. The first-order valence-corrected chi connectivity index (χ1v) is 11.1. The van der Waals surface area contributed by atoms with E-state index in [0.717, 1.165) is 0 Å². The van der Waals surface area contributed by atoms with Crippen molar-refractivity contribution in [3.63, 3.8) is 0 Å². The van der Waals surface area contributed by atoms with Gasteiger partial charge in [-0.15, -0.1) is 0 Å². The molecule has 0 heterocycles. The quantitative estimate of drug-likeness (QED) is 0.540. The molecule has 3 N–H and O–H groups in total. The van der Waals surface area contributed by atoms with Crippen LogP contribution in [0.25, 0.3) is 0 Å². The normalized spacial score (nSPS) is 11.2. The molecule has 0 spiro atoms. The number of hydrogen-bond acceptors (Lipinski definition) is 5. The minimum absolute atomic E-state index is 0.0276. The molecule has 0 bridgehead atoms. The molecule has 0 unspecified atom stereocenters. The molecule has 0 aliphatic rings. The maximum atomic E-state index is 12.6. The van der Waals surface area contributed by atoms with E-state index in [2.05, 4.69) is 15.4 Å². The number of amides is 2. The molecule has 0 atom stereocenters. The van der Waals surface area contributed by atoms with Gasteiger partial charge in [0.1, 0.15) is 5.75 Å². The van der Waals surface area contributed by atoms with Gasteiger partial charge in [0.05, 0.1) is 15.5 Å². The van der Waals surface area contributed by atoms with Crippen LogP contribution in [0.2, 0.25) is 5.02 Å². The van der Waals surface area contributed by atoms with Gasteiger partial charge in [-0.3, -0.25) is 9.59 Å². The topological polar surface area (TPSA) is 114 Å². The van der Waals surface area contributed by atoms with Crippen LogP contribution in [-0.4, -0.2) is 39.4 Å². The average molecular weight is 454 g/mol. The van der Waals surface area contributed by atoms with E-state index >= 15 is 0 Å². The van der Waals surface area contributed by atoms with Gasteiger partial charge < -0.3 is 15.4 Å². The molecule has 8 nitrogen and oxygen atoms in total. The molecule has 2 rings (SSSR count). The van der Waals surface area contributed by atoms with Crippen molar-refractivity contribution < 1.29 is 22.7 Å². The lowest BCUT2D eigenvalue weighted by atomic mass is 10.2. The first-order valence-electron chi connectivity index (χ1n) is 9.25. The number of anilines is 1. The van der Waals surface area contributed by atoms with Crippen LogP contribution in [0.5, 0.6) is 5.75 Å². The molecule has 2 aromatic carbocycles. The fourth-order valence-corrected chi connectivity index (χ4v) is 3.93. The molecule has 0 aliphatic carbocycles. The van der Waals surface area contributed by atoms with E-state index in [1.165, 1.54) is 18.2 Å². The van der Waals surface area contributed by atoms with Gasteiger partial charge in [-0.1, -0.05) is 11.6 Å². The van der Waals surface area contributed by atoms with E-state index in [4.69, 9.17) is 16.3 Å². The summed E-state index contributed by atoms with van der Waals surface area (Å²) in [6.07, 6.45) is 0. The molecule has 0 aromatic heterocycles. The van der Waals surface area contributed by atoms with Gasteiger partial charge in [-0.2, -0.15) is 0 Å². The van der Waals surface area contributed by atoms with Crippen molar-refractivity contribution >= 4 is 39.1 Å². The Morgan fingerprint density at radius 1 is 1.10 bits per heavy atom. The first kappa shape index (κ1) is 23.7. The molecular formula is C20H24ClN3O5S. The second-order valence-corrected chi connectivity index (χ2v) is 8.76. The third kappa shape index (κ3) is 6.72. The number of benzene rings is 2. The number of halogens is 1. The van der Waals surface area contributed by atoms with Gasteiger partial charge in [-0.25, -0.2) is 13.1 Å². The zero-order chi connectivity index (χ0) is 22.3. The molecule has 162 valence electrons. The Bertz CT molecular complexity index is 1010. The van der Waals surface area contributed by atoms with E-state index in [0.29, 0.717) is 18.0 Å². The smallest absolute Gasteiger partial charge is 0.257 e. The molecular weight excluding hydrogens is 430 g/mol. The van der Waals surface area contributed by atoms with E-state index in [1.807, 2.05) is 6.92 Å². The molecule has 0 fully saturated rings. The number of carbonyl (C=O) groups excluding carboxylic acids is 2. The highest BCUT2D eigenvalue weighted by atomic mass is 35.5. The van der Waals surface area contributed by atoms with Crippen molar-refractivity contribution in [3.8, 4) is 5.75 Å². The van der Waals surface area contributed by atoms with Gasteiger partial charge in [0.2, 0.25) is 10.0 Å². The summed E-state index contributed by atoms with van der Waals surface area (Å²) in [6.45, 7) is 5.62. The summed E-state index contributed by atoms with van der Waals surface area (Å²) in [6, 6.07) is 10.0. The Morgan fingerprint density at radius 2 is 1.77 bits per heavy atom. The Hall–Kier alpha value is -2.62. The fourth-order valence-electron chi connectivity index (χ4n) is 2.45. The second-order valence-electron chi connectivity index (χ2n) is 6.64. The Labute approximate surface area is 181 Å². The summed E-state index contributed by atoms with van der Waals surface area (Å²) in [4.78, 5) is 24.0. The fraction of sp³-hybridized carbons (Fsp3) is 0.300. The number of sulfonamides is 1. The summed E-state index contributed by atoms with van der Waals surface area (Å²) in [5.74, 6) is -0.325. The van der Waals surface area contributed by atoms with Crippen LogP contribution in [0.1, 0.15) is 31.1 Å². The number of hydrogen-bond donors (Lipinski definition) is 3. The van der Waals surface area contributed by atoms with E-state index in [1.54, 1.807) is 38.1 Å².